The Balaban J connectivity index is 1.57. The zero-order valence-corrected chi connectivity index (χ0v) is 15.0. The highest BCUT2D eigenvalue weighted by Gasteiger charge is 2.27. The third-order valence-corrected chi connectivity index (χ3v) is 5.27. The predicted octanol–water partition coefficient (Wildman–Crippen LogP) is 2.41. The first-order chi connectivity index (χ1) is 12.5. The first-order valence-corrected chi connectivity index (χ1v) is 9.35. The Morgan fingerprint density at radius 3 is 2.81 bits per heavy atom. The summed E-state index contributed by atoms with van der Waals surface area (Å²) in [6.45, 7) is 1.73. The molecule has 0 radical (unpaired) electrons. The number of carbonyl (C=O) groups is 2. The van der Waals surface area contributed by atoms with Gasteiger partial charge in [0.1, 0.15) is 12.4 Å². The van der Waals surface area contributed by atoms with Crippen molar-refractivity contribution in [3.8, 4) is 5.75 Å². The van der Waals surface area contributed by atoms with Gasteiger partial charge in [-0.05, 0) is 48.9 Å². The normalized spacial score (nSPS) is 17.7. The highest BCUT2D eigenvalue weighted by Crippen LogP contribution is 2.28. The molecular weight excluding hydrogens is 334 g/mol. The van der Waals surface area contributed by atoms with Crippen LogP contribution in [0.25, 0.3) is 0 Å². The van der Waals surface area contributed by atoms with Crippen molar-refractivity contribution in [1.29, 1.82) is 0 Å². The Morgan fingerprint density at radius 1 is 1.31 bits per heavy atom. The third-order valence-electron chi connectivity index (χ3n) is 5.27. The summed E-state index contributed by atoms with van der Waals surface area (Å²) in [5.74, 6) is 1.37. The van der Waals surface area contributed by atoms with Crippen LogP contribution in [0.1, 0.15) is 48.0 Å². The molecule has 1 heterocycles. The number of rotatable bonds is 6. The summed E-state index contributed by atoms with van der Waals surface area (Å²) in [5.41, 5.74) is 6.68. The van der Waals surface area contributed by atoms with Gasteiger partial charge in [0.25, 0.3) is 5.91 Å². The number of urea groups is 1. The lowest BCUT2D eigenvalue weighted by Gasteiger charge is -2.33. The van der Waals surface area contributed by atoms with Gasteiger partial charge in [-0.2, -0.15) is 0 Å². The van der Waals surface area contributed by atoms with Crippen molar-refractivity contribution in [2.75, 3.05) is 26.2 Å². The first kappa shape index (κ1) is 18.5. The van der Waals surface area contributed by atoms with Crippen LogP contribution >= 0.6 is 0 Å². The van der Waals surface area contributed by atoms with Crippen LogP contribution in [0.2, 0.25) is 0 Å². The number of amides is 3. The van der Waals surface area contributed by atoms with E-state index in [2.05, 4.69) is 0 Å². The summed E-state index contributed by atoms with van der Waals surface area (Å²) in [4.78, 5) is 25.5. The van der Waals surface area contributed by atoms with Gasteiger partial charge >= 0.3 is 6.03 Å². The van der Waals surface area contributed by atoms with E-state index in [-0.39, 0.29) is 19.1 Å². The molecule has 142 valence electrons. The average molecular weight is 361 g/mol. The number of carbonyl (C=O) groups excluding carboxylic acids is 2. The summed E-state index contributed by atoms with van der Waals surface area (Å²) in [5, 5.41) is 9.63. The molecule has 0 bridgehead atoms. The molecule has 7 nitrogen and oxygen atoms in total. The minimum Gasteiger partial charge on any atom is -0.492 e. The fourth-order valence-electron chi connectivity index (χ4n) is 3.82. The molecule has 0 aromatic heterocycles. The highest BCUT2D eigenvalue weighted by molar-refractivity contribution is 5.97. The van der Waals surface area contributed by atoms with Crippen LogP contribution in [0.5, 0.6) is 5.75 Å². The number of hydroxylamine groups is 2. The quantitative estimate of drug-likeness (QED) is 0.601. The van der Waals surface area contributed by atoms with Crippen LogP contribution < -0.4 is 10.5 Å². The van der Waals surface area contributed by atoms with E-state index in [1.54, 1.807) is 6.07 Å². The molecule has 3 rings (SSSR count). The Labute approximate surface area is 153 Å². The Bertz CT molecular complexity index is 658. The fourth-order valence-corrected chi connectivity index (χ4v) is 3.82. The second-order valence-electron chi connectivity index (χ2n) is 7.13. The molecular formula is C19H27N3O4. The molecule has 7 heteroatoms. The molecule has 1 aliphatic carbocycles. The molecule has 3 N–H and O–H groups in total. The smallest absolute Gasteiger partial charge is 0.338 e. The van der Waals surface area contributed by atoms with Crippen LogP contribution in [-0.2, 0) is 6.42 Å². The Kier molecular flexibility index (Phi) is 5.98. The van der Waals surface area contributed by atoms with Gasteiger partial charge in [0.05, 0.1) is 6.54 Å². The summed E-state index contributed by atoms with van der Waals surface area (Å²) in [6.07, 6.45) is 7.17. The lowest BCUT2D eigenvalue weighted by Crippen LogP contribution is -2.41. The minimum absolute atomic E-state index is 0.0134. The van der Waals surface area contributed by atoms with Crippen molar-refractivity contribution in [1.82, 2.24) is 9.96 Å². The lowest BCUT2D eigenvalue weighted by atomic mass is 9.88. The Hall–Kier alpha value is -2.28. The molecule has 0 atom stereocenters. The zero-order valence-electron chi connectivity index (χ0n) is 15.0. The molecule has 26 heavy (non-hydrogen) atoms. The third kappa shape index (κ3) is 4.46. The van der Waals surface area contributed by atoms with Crippen LogP contribution in [-0.4, -0.2) is 53.3 Å². The number of nitrogens with zero attached hydrogens (tertiary/aromatic N) is 2. The summed E-state index contributed by atoms with van der Waals surface area (Å²) < 4.78 is 5.54. The van der Waals surface area contributed by atoms with Crippen molar-refractivity contribution in [2.24, 2.45) is 11.7 Å². The fraction of sp³-hybridized carbons (Fsp3) is 0.579. The summed E-state index contributed by atoms with van der Waals surface area (Å²) in [7, 11) is 0. The van der Waals surface area contributed by atoms with Gasteiger partial charge in [-0.15, -0.1) is 0 Å². The van der Waals surface area contributed by atoms with Gasteiger partial charge in [-0.25, -0.2) is 9.86 Å². The zero-order chi connectivity index (χ0) is 18.5. The standard InChI is InChI=1S/C19H27N3O4/c20-19(24)22(25)10-11-26-16-6-7-17-15(12-16)8-9-21(18(17)23)13-14-4-2-1-3-5-14/h6-7,12,14,25H,1-5,8-11,13H2,(H2,20,24). The number of fused-ring (bicyclic) bond motifs is 1. The van der Waals surface area contributed by atoms with E-state index in [1.807, 2.05) is 17.0 Å². The number of primary amides is 1. The number of benzene rings is 1. The Morgan fingerprint density at radius 2 is 2.08 bits per heavy atom. The number of ether oxygens (including phenoxy) is 1. The van der Waals surface area contributed by atoms with E-state index >= 15 is 0 Å². The molecule has 1 aliphatic heterocycles. The van der Waals surface area contributed by atoms with Crippen LogP contribution in [0.3, 0.4) is 0 Å². The molecule has 1 aromatic rings. The van der Waals surface area contributed by atoms with Crippen LogP contribution in [0.4, 0.5) is 4.79 Å². The van der Waals surface area contributed by atoms with E-state index in [1.165, 1.54) is 32.1 Å². The maximum Gasteiger partial charge on any atom is 0.338 e. The topological polar surface area (TPSA) is 96.1 Å². The van der Waals surface area contributed by atoms with Gasteiger partial charge in [0, 0.05) is 18.7 Å². The van der Waals surface area contributed by atoms with Gasteiger partial charge in [-0.1, -0.05) is 19.3 Å². The summed E-state index contributed by atoms with van der Waals surface area (Å²) in [6, 6.07) is 4.53. The second kappa shape index (κ2) is 8.40. The molecule has 0 saturated heterocycles. The monoisotopic (exact) mass is 361 g/mol. The highest BCUT2D eigenvalue weighted by atomic mass is 16.5. The van der Waals surface area contributed by atoms with E-state index in [9.17, 15) is 14.8 Å². The predicted molar refractivity (Wildman–Crippen MR) is 96.2 cm³/mol. The van der Waals surface area contributed by atoms with Crippen molar-refractivity contribution >= 4 is 11.9 Å². The molecule has 0 unspecified atom stereocenters. The van der Waals surface area contributed by atoms with E-state index < -0.39 is 6.03 Å². The van der Waals surface area contributed by atoms with Gasteiger partial charge < -0.3 is 15.4 Å². The van der Waals surface area contributed by atoms with Crippen LogP contribution in [0.15, 0.2) is 18.2 Å². The first-order valence-electron chi connectivity index (χ1n) is 9.35. The van der Waals surface area contributed by atoms with E-state index in [4.69, 9.17) is 10.5 Å². The number of hydrogen-bond donors (Lipinski definition) is 2. The van der Waals surface area contributed by atoms with E-state index in [0.29, 0.717) is 16.7 Å². The minimum atomic E-state index is -0.914. The van der Waals surface area contributed by atoms with Gasteiger partial charge in [-0.3, -0.25) is 10.0 Å². The average Bonchev–Trinajstić information content (AvgIpc) is 2.65. The summed E-state index contributed by atoms with van der Waals surface area (Å²) >= 11 is 0. The van der Waals surface area contributed by atoms with Crippen LogP contribution in [0, 0.1) is 5.92 Å². The van der Waals surface area contributed by atoms with E-state index in [0.717, 1.165) is 30.6 Å². The molecule has 1 saturated carbocycles. The van der Waals surface area contributed by atoms with Crippen molar-refractivity contribution in [3.05, 3.63) is 29.3 Å². The molecule has 1 aromatic carbocycles. The lowest BCUT2D eigenvalue weighted by molar-refractivity contribution is -0.0464. The maximum atomic E-state index is 12.8. The van der Waals surface area contributed by atoms with Crippen molar-refractivity contribution in [2.45, 2.75) is 38.5 Å². The SMILES string of the molecule is NC(=O)N(O)CCOc1ccc2c(c1)CCN(CC1CCCCC1)C2=O. The molecule has 3 amide bonds. The molecule has 1 fully saturated rings. The maximum absolute atomic E-state index is 12.8. The van der Waals surface area contributed by atoms with Crippen molar-refractivity contribution < 1.29 is 19.5 Å². The largest absolute Gasteiger partial charge is 0.492 e. The molecule has 2 aliphatic rings. The molecule has 0 spiro atoms. The van der Waals surface area contributed by atoms with Gasteiger partial charge in [0.15, 0.2) is 0 Å². The number of hydrogen-bond acceptors (Lipinski definition) is 4. The van der Waals surface area contributed by atoms with Crippen molar-refractivity contribution in [3.63, 3.8) is 0 Å². The number of nitrogens with two attached hydrogens (primary N) is 1. The second-order valence-corrected chi connectivity index (χ2v) is 7.13. The van der Waals surface area contributed by atoms with Gasteiger partial charge in [0.2, 0.25) is 0 Å².